The van der Waals surface area contributed by atoms with Gasteiger partial charge in [0.05, 0.1) is 30.7 Å². The average Bonchev–Trinajstić information content (AvgIpc) is 2.60. The summed E-state index contributed by atoms with van der Waals surface area (Å²) >= 11 is 0. The molecule has 2 aromatic rings. The zero-order chi connectivity index (χ0) is 20.2. The number of carbonyl (C=O) groups is 1. The summed E-state index contributed by atoms with van der Waals surface area (Å²) in [6.07, 6.45) is -10.2. The summed E-state index contributed by atoms with van der Waals surface area (Å²) in [4.78, 5) is 11.6. The van der Waals surface area contributed by atoms with Crippen LogP contribution in [0.2, 0.25) is 0 Å². The summed E-state index contributed by atoms with van der Waals surface area (Å²) in [6.45, 7) is 0. The first-order valence-corrected chi connectivity index (χ1v) is 7.68. The highest BCUT2D eigenvalue weighted by Gasteiger charge is 2.37. The summed E-state index contributed by atoms with van der Waals surface area (Å²) in [6, 6.07) is 8.46. The second-order valence-electron chi connectivity index (χ2n) is 5.68. The quantitative estimate of drug-likeness (QED) is 0.545. The summed E-state index contributed by atoms with van der Waals surface area (Å²) in [7, 11) is 1.14. The Bertz CT molecular complexity index is 754. The Kier molecular flexibility index (Phi) is 6.02. The Morgan fingerprint density at radius 3 is 1.93 bits per heavy atom. The molecule has 27 heavy (non-hydrogen) atoms. The number of hydrogen-bond acceptors (Lipinski definition) is 3. The van der Waals surface area contributed by atoms with Gasteiger partial charge in [0.25, 0.3) is 0 Å². The molecule has 146 valence electrons. The van der Waals surface area contributed by atoms with Crippen molar-refractivity contribution in [3.63, 3.8) is 0 Å². The van der Waals surface area contributed by atoms with Gasteiger partial charge >= 0.3 is 18.3 Å². The number of anilines is 1. The summed E-state index contributed by atoms with van der Waals surface area (Å²) < 4.78 is 82.5. The third-order valence-electron chi connectivity index (χ3n) is 3.73. The number of carbonyl (C=O) groups excluding carboxylic acids is 1. The molecule has 1 N–H and O–H groups in total. The van der Waals surface area contributed by atoms with Crippen LogP contribution in [0.5, 0.6) is 0 Å². The van der Waals surface area contributed by atoms with Crippen LogP contribution in [0.25, 0.3) is 0 Å². The van der Waals surface area contributed by atoms with E-state index in [9.17, 15) is 31.1 Å². The maximum absolute atomic E-state index is 13.0. The van der Waals surface area contributed by atoms with Crippen LogP contribution in [-0.4, -0.2) is 13.1 Å². The topological polar surface area (TPSA) is 38.3 Å². The maximum atomic E-state index is 13.0. The fraction of sp³-hybridized carbons (Fsp3) is 0.278. The van der Waals surface area contributed by atoms with Gasteiger partial charge in [0.15, 0.2) is 0 Å². The van der Waals surface area contributed by atoms with Crippen molar-refractivity contribution in [3.05, 3.63) is 65.2 Å². The Morgan fingerprint density at radius 1 is 0.963 bits per heavy atom. The molecule has 0 aliphatic carbocycles. The van der Waals surface area contributed by atoms with Gasteiger partial charge in [-0.15, -0.1) is 0 Å². The van der Waals surface area contributed by atoms with Crippen molar-refractivity contribution in [1.82, 2.24) is 0 Å². The molecule has 3 nitrogen and oxygen atoms in total. The highest BCUT2D eigenvalue weighted by molar-refractivity contribution is 5.71. The van der Waals surface area contributed by atoms with Gasteiger partial charge in [-0.25, -0.2) is 0 Å². The lowest BCUT2D eigenvalue weighted by atomic mass is 10.0. The summed E-state index contributed by atoms with van der Waals surface area (Å²) in [5.74, 6) is -0.667. The molecule has 0 heterocycles. The first kappa shape index (κ1) is 20.6. The van der Waals surface area contributed by atoms with Crippen LogP contribution in [-0.2, 0) is 21.9 Å². The first-order chi connectivity index (χ1) is 12.5. The molecule has 0 aliphatic rings. The van der Waals surface area contributed by atoms with Gasteiger partial charge in [-0.2, -0.15) is 26.3 Å². The molecule has 0 saturated heterocycles. The van der Waals surface area contributed by atoms with Crippen molar-refractivity contribution in [2.24, 2.45) is 0 Å². The number of halogens is 6. The molecule has 0 spiro atoms. The lowest BCUT2D eigenvalue weighted by Gasteiger charge is -2.21. The van der Waals surface area contributed by atoms with Crippen molar-refractivity contribution in [1.29, 1.82) is 0 Å². The van der Waals surface area contributed by atoms with E-state index in [2.05, 4.69) is 10.1 Å². The predicted molar refractivity (Wildman–Crippen MR) is 85.9 cm³/mol. The minimum Gasteiger partial charge on any atom is -0.469 e. The van der Waals surface area contributed by atoms with Crippen LogP contribution in [0.3, 0.4) is 0 Å². The highest BCUT2D eigenvalue weighted by Crippen LogP contribution is 2.38. The molecule has 1 unspecified atom stereocenters. The van der Waals surface area contributed by atoms with Crippen LogP contribution >= 0.6 is 0 Å². The van der Waals surface area contributed by atoms with Gasteiger partial charge in [0.2, 0.25) is 0 Å². The third-order valence-corrected chi connectivity index (χ3v) is 3.73. The molecule has 0 aliphatic heterocycles. The van der Waals surface area contributed by atoms with Crippen molar-refractivity contribution < 1.29 is 35.9 Å². The Labute approximate surface area is 150 Å². The van der Waals surface area contributed by atoms with Crippen LogP contribution in [0.4, 0.5) is 32.0 Å². The molecule has 1 atom stereocenters. The number of esters is 1. The maximum Gasteiger partial charge on any atom is 0.416 e. The molecule has 2 aromatic carbocycles. The van der Waals surface area contributed by atoms with E-state index in [4.69, 9.17) is 0 Å². The number of rotatable bonds is 5. The van der Waals surface area contributed by atoms with Crippen LogP contribution < -0.4 is 5.32 Å². The Morgan fingerprint density at radius 2 is 1.48 bits per heavy atom. The number of alkyl halides is 6. The predicted octanol–water partition coefficient (Wildman–Crippen LogP) is 5.44. The largest absolute Gasteiger partial charge is 0.469 e. The third kappa shape index (κ3) is 5.63. The Balaban J connectivity index is 2.45. The van der Waals surface area contributed by atoms with Gasteiger partial charge in [0, 0.05) is 5.69 Å². The van der Waals surface area contributed by atoms with Gasteiger partial charge in [0.1, 0.15) is 0 Å². The van der Waals surface area contributed by atoms with Crippen LogP contribution in [0.1, 0.15) is 29.2 Å². The van der Waals surface area contributed by atoms with E-state index < -0.39 is 41.2 Å². The molecule has 2 rings (SSSR count). The molecule has 0 fully saturated rings. The van der Waals surface area contributed by atoms with E-state index in [0.29, 0.717) is 17.7 Å². The van der Waals surface area contributed by atoms with E-state index in [1.807, 2.05) is 0 Å². The zero-order valence-electron chi connectivity index (χ0n) is 14.0. The molecule has 9 heteroatoms. The lowest BCUT2D eigenvalue weighted by Crippen LogP contribution is -2.18. The van der Waals surface area contributed by atoms with E-state index in [-0.39, 0.29) is 12.5 Å². The smallest absolute Gasteiger partial charge is 0.416 e. The van der Waals surface area contributed by atoms with Gasteiger partial charge in [-0.05, 0) is 23.8 Å². The number of nitrogens with one attached hydrogen (secondary N) is 1. The van der Waals surface area contributed by atoms with Crippen molar-refractivity contribution in [2.45, 2.75) is 24.8 Å². The van der Waals surface area contributed by atoms with Gasteiger partial charge in [-0.3, -0.25) is 4.79 Å². The number of ether oxygens (including phenoxy) is 1. The molecular weight excluding hydrogens is 376 g/mol. The highest BCUT2D eigenvalue weighted by atomic mass is 19.4. The van der Waals surface area contributed by atoms with E-state index in [0.717, 1.165) is 7.11 Å². The fourth-order valence-electron chi connectivity index (χ4n) is 2.43. The standard InChI is InChI=1S/C18H15F6NO2/c1-27-16(26)10-15(11-5-3-2-4-6-11)25-14-8-12(17(19,20)21)7-13(9-14)18(22,23)24/h2-9,15,25H,10H2,1H3. The zero-order valence-corrected chi connectivity index (χ0v) is 14.0. The minimum atomic E-state index is -4.96. The average molecular weight is 391 g/mol. The molecule has 0 amide bonds. The monoisotopic (exact) mass is 391 g/mol. The SMILES string of the molecule is COC(=O)CC(Nc1cc(C(F)(F)F)cc(C(F)(F)F)c1)c1ccccc1. The van der Waals surface area contributed by atoms with E-state index in [1.54, 1.807) is 30.3 Å². The number of benzene rings is 2. The van der Waals surface area contributed by atoms with Crippen molar-refractivity contribution >= 4 is 11.7 Å². The normalized spacial score (nSPS) is 13.1. The molecule has 0 radical (unpaired) electrons. The fourth-order valence-corrected chi connectivity index (χ4v) is 2.43. The molecular formula is C18H15F6NO2. The van der Waals surface area contributed by atoms with E-state index in [1.165, 1.54) is 0 Å². The molecule has 0 bridgehead atoms. The van der Waals surface area contributed by atoms with Gasteiger partial charge < -0.3 is 10.1 Å². The summed E-state index contributed by atoms with van der Waals surface area (Å²) in [5, 5.41) is 2.58. The van der Waals surface area contributed by atoms with Crippen molar-refractivity contribution in [3.8, 4) is 0 Å². The Hall–Kier alpha value is -2.71. The second kappa shape index (κ2) is 7.89. The van der Waals surface area contributed by atoms with Gasteiger partial charge in [-0.1, -0.05) is 30.3 Å². The number of hydrogen-bond donors (Lipinski definition) is 1. The second-order valence-corrected chi connectivity index (χ2v) is 5.68. The number of methoxy groups -OCH3 is 1. The van der Waals surface area contributed by atoms with Crippen molar-refractivity contribution in [2.75, 3.05) is 12.4 Å². The van der Waals surface area contributed by atoms with E-state index >= 15 is 0 Å². The summed E-state index contributed by atoms with van der Waals surface area (Å²) in [5.41, 5.74) is -2.78. The molecule has 0 saturated carbocycles. The van der Waals surface area contributed by atoms with Crippen LogP contribution in [0, 0.1) is 0 Å². The van der Waals surface area contributed by atoms with Crippen LogP contribution in [0.15, 0.2) is 48.5 Å². The lowest BCUT2D eigenvalue weighted by molar-refractivity contribution is -0.143. The first-order valence-electron chi connectivity index (χ1n) is 7.68. The minimum absolute atomic E-state index is 0.0447. The molecule has 0 aromatic heterocycles.